The molecular formula is C50H90N4O13S. The fourth-order valence-corrected chi connectivity index (χ4v) is 11.7. The molecule has 0 aliphatic carbocycles. The number of carbonyl (C=O) groups is 1. The first-order valence-electron chi connectivity index (χ1n) is 24.9. The minimum absolute atomic E-state index is 0.0259. The van der Waals surface area contributed by atoms with Crippen LogP contribution in [0.15, 0.2) is 29.2 Å². The Morgan fingerprint density at radius 1 is 0.956 bits per heavy atom. The minimum atomic E-state index is -3.82. The van der Waals surface area contributed by atoms with Crippen molar-refractivity contribution in [2.24, 2.45) is 28.3 Å². The Kier molecular flexibility index (Phi) is 20.5. The maximum atomic E-state index is 14.7. The van der Waals surface area contributed by atoms with Crippen molar-refractivity contribution in [2.45, 2.75) is 211 Å². The van der Waals surface area contributed by atoms with Crippen LogP contribution in [0.4, 0.5) is 0 Å². The lowest BCUT2D eigenvalue weighted by Crippen LogP contribution is -2.70. The highest BCUT2D eigenvalue weighted by Crippen LogP contribution is 2.45. The number of cyclic esters (lactones) is 1. The standard InChI is InChI=1S/C50H90N4O13S/c1-16-24-54-28-30(3)43(56)49(12,58)39(17-2)65-45(57)34(7)42(33(6)44(47(9,10)26-31(54)4)67-46-41(55)38(53(13)14)25-32(5)63-46)66-40-27-48(11,62-15)50(59,35(8)64-40)29-52-23-22-36-18-20-37(21-19-36)68(51,60)61/h18-21,30-35,38-44,46,52,55-56,58-59H,16-17,22-29H2,1-15H3,(H2,51,60,61)/t30-,31+,32+,33-,34+,35-,38-,39+,40+,41+,42+,43+,44+,46-,48-,49+,50+/m0/s1. The Labute approximate surface area is 408 Å². The van der Waals surface area contributed by atoms with Crippen LogP contribution >= 0.6 is 0 Å². The van der Waals surface area contributed by atoms with Crippen molar-refractivity contribution in [2.75, 3.05) is 47.4 Å². The summed E-state index contributed by atoms with van der Waals surface area (Å²) in [5.74, 6) is -2.60. The van der Waals surface area contributed by atoms with E-state index in [-0.39, 0.29) is 48.4 Å². The topological polar surface area (TPSA) is 232 Å². The predicted molar refractivity (Wildman–Crippen MR) is 260 cm³/mol. The van der Waals surface area contributed by atoms with Crippen molar-refractivity contribution in [1.82, 2.24) is 15.1 Å². The summed E-state index contributed by atoms with van der Waals surface area (Å²) in [6.45, 7) is 24.7. The second-order valence-electron chi connectivity index (χ2n) is 21.8. The Balaban J connectivity index is 1.75. The zero-order chi connectivity index (χ0) is 51.3. The number of nitrogens with two attached hydrogens (primary N) is 1. The second kappa shape index (κ2) is 23.8. The van der Waals surface area contributed by atoms with Crippen LogP contribution in [0, 0.1) is 23.2 Å². The zero-order valence-electron chi connectivity index (χ0n) is 43.8. The zero-order valence-corrected chi connectivity index (χ0v) is 44.6. The van der Waals surface area contributed by atoms with Gasteiger partial charge in [-0.1, -0.05) is 53.7 Å². The fraction of sp³-hybridized carbons (Fsp3) is 0.860. The molecule has 0 amide bonds. The summed E-state index contributed by atoms with van der Waals surface area (Å²) in [5.41, 5.74) is -4.34. The van der Waals surface area contributed by atoms with Gasteiger partial charge in [0.25, 0.3) is 0 Å². The number of hydrogen-bond donors (Lipinski definition) is 6. The van der Waals surface area contributed by atoms with E-state index in [2.05, 4.69) is 37.9 Å². The van der Waals surface area contributed by atoms with Crippen molar-refractivity contribution < 1.29 is 62.1 Å². The number of sulfonamides is 1. The molecule has 3 aliphatic heterocycles. The van der Waals surface area contributed by atoms with Crippen LogP contribution in [0.25, 0.3) is 0 Å². The molecular weight excluding hydrogens is 897 g/mol. The molecule has 4 rings (SSSR count). The largest absolute Gasteiger partial charge is 0.459 e. The van der Waals surface area contributed by atoms with E-state index < -0.39 is 99.3 Å². The van der Waals surface area contributed by atoms with Crippen LogP contribution in [0.5, 0.6) is 0 Å². The second-order valence-corrected chi connectivity index (χ2v) is 23.3. The third kappa shape index (κ3) is 13.6. The number of aliphatic hydroxyl groups excluding tert-OH is 2. The van der Waals surface area contributed by atoms with Gasteiger partial charge in [-0.3, -0.25) is 4.79 Å². The van der Waals surface area contributed by atoms with Crippen LogP contribution in [0.1, 0.15) is 121 Å². The first-order chi connectivity index (χ1) is 31.5. The highest BCUT2D eigenvalue weighted by molar-refractivity contribution is 7.89. The van der Waals surface area contributed by atoms with Gasteiger partial charge in [0.1, 0.15) is 29.0 Å². The van der Waals surface area contributed by atoms with Crippen molar-refractivity contribution in [3.8, 4) is 0 Å². The maximum absolute atomic E-state index is 14.7. The molecule has 0 spiro atoms. The van der Waals surface area contributed by atoms with E-state index in [1.807, 2.05) is 39.8 Å². The van der Waals surface area contributed by atoms with Crippen LogP contribution in [-0.2, 0) is 49.7 Å². The van der Waals surface area contributed by atoms with Crippen molar-refractivity contribution in [3.05, 3.63) is 29.8 Å². The molecule has 68 heavy (non-hydrogen) atoms. The van der Waals surface area contributed by atoms with Crippen LogP contribution in [0.2, 0.25) is 0 Å². The lowest BCUT2D eigenvalue weighted by atomic mass is 9.72. The number of likely N-dealkylation sites (N-methyl/N-ethyl adjacent to an activating group) is 1. The highest BCUT2D eigenvalue weighted by Gasteiger charge is 2.58. The molecule has 18 heteroatoms. The molecule has 17 nitrogen and oxygen atoms in total. The summed E-state index contributed by atoms with van der Waals surface area (Å²) >= 11 is 0. The lowest BCUT2D eigenvalue weighted by molar-refractivity contribution is -0.334. The predicted octanol–water partition coefficient (Wildman–Crippen LogP) is 3.81. The molecule has 0 radical (unpaired) electrons. The van der Waals surface area contributed by atoms with Gasteiger partial charge in [-0.25, -0.2) is 13.6 Å². The number of nitrogens with zero attached hydrogens (tertiary/aromatic N) is 2. The van der Waals surface area contributed by atoms with E-state index >= 15 is 0 Å². The third-order valence-electron chi connectivity index (χ3n) is 15.6. The molecule has 1 aromatic rings. The highest BCUT2D eigenvalue weighted by atomic mass is 32.2. The Morgan fingerprint density at radius 2 is 1.59 bits per heavy atom. The molecule has 0 saturated carbocycles. The minimum Gasteiger partial charge on any atom is -0.459 e. The molecule has 3 aliphatic rings. The molecule has 0 unspecified atom stereocenters. The quantitative estimate of drug-likeness (QED) is 0.108. The monoisotopic (exact) mass is 987 g/mol. The summed E-state index contributed by atoms with van der Waals surface area (Å²) in [6, 6.07) is 6.07. The number of benzene rings is 1. The number of carbonyl (C=O) groups excluding carboxylic acids is 1. The molecule has 17 atom stereocenters. The van der Waals surface area contributed by atoms with Crippen LogP contribution in [0.3, 0.4) is 0 Å². The van der Waals surface area contributed by atoms with Crippen molar-refractivity contribution in [3.63, 3.8) is 0 Å². The molecule has 394 valence electrons. The molecule has 3 fully saturated rings. The first kappa shape index (κ1) is 58.7. The average Bonchev–Trinajstić information content (AvgIpc) is 3.26. The number of nitrogens with one attached hydrogen (secondary N) is 1. The number of hydrogen-bond acceptors (Lipinski definition) is 16. The maximum Gasteiger partial charge on any atom is 0.311 e. The van der Waals surface area contributed by atoms with Gasteiger partial charge in [-0.15, -0.1) is 0 Å². The van der Waals surface area contributed by atoms with Gasteiger partial charge in [-0.05, 0) is 130 Å². The lowest BCUT2D eigenvalue weighted by Gasteiger charge is -2.54. The van der Waals surface area contributed by atoms with E-state index in [9.17, 15) is 33.6 Å². The summed E-state index contributed by atoms with van der Waals surface area (Å²) in [4.78, 5) is 19.0. The van der Waals surface area contributed by atoms with E-state index in [0.29, 0.717) is 32.4 Å². The summed E-state index contributed by atoms with van der Waals surface area (Å²) < 4.78 is 63.0. The number of esters is 1. The first-order valence-corrected chi connectivity index (χ1v) is 26.4. The molecule has 0 bridgehead atoms. The molecule has 1 aromatic carbocycles. The SMILES string of the molecule is CCCN1C[C@H](C)[C@@H](O)[C@](C)(O)[C@@H](CC)OC(=O)[C@H](C)[C@H](O[C@@H]2C[C@](C)(OC)[C@@](O)(CNCCc3ccc(S(N)(=O)=O)cc3)[C@H](C)O2)[C@H](C)[C@@H](O[C@@H]2O[C@H](C)C[C@H](N(C)C)[C@H]2O)C(C)(C)C[C@H]1C. The third-order valence-corrected chi connectivity index (χ3v) is 16.5. The van der Waals surface area contributed by atoms with Crippen LogP contribution < -0.4 is 10.5 Å². The molecule has 3 saturated heterocycles. The summed E-state index contributed by atoms with van der Waals surface area (Å²) in [7, 11) is 1.56. The summed E-state index contributed by atoms with van der Waals surface area (Å²) in [6.07, 6.45) is -5.07. The van der Waals surface area contributed by atoms with Gasteiger partial charge in [0.05, 0.1) is 41.3 Å². The average molecular weight is 987 g/mol. The van der Waals surface area contributed by atoms with Gasteiger partial charge < -0.3 is 64.0 Å². The van der Waals surface area contributed by atoms with Gasteiger partial charge in [0.2, 0.25) is 10.0 Å². The van der Waals surface area contributed by atoms with Crippen molar-refractivity contribution in [1.29, 1.82) is 0 Å². The Hall–Kier alpha value is -1.88. The number of aliphatic hydroxyl groups is 4. The van der Waals surface area contributed by atoms with Gasteiger partial charge in [0.15, 0.2) is 12.6 Å². The van der Waals surface area contributed by atoms with Gasteiger partial charge in [-0.2, -0.15) is 0 Å². The van der Waals surface area contributed by atoms with E-state index in [0.717, 1.165) is 18.5 Å². The van der Waals surface area contributed by atoms with E-state index in [1.165, 1.54) is 26.2 Å². The smallest absolute Gasteiger partial charge is 0.311 e. The molecule has 7 N–H and O–H groups in total. The van der Waals surface area contributed by atoms with Crippen LogP contribution in [-0.4, -0.2) is 176 Å². The Morgan fingerprint density at radius 3 is 2.15 bits per heavy atom. The number of ether oxygens (including phenoxy) is 6. The number of methoxy groups -OCH3 is 1. The molecule has 3 heterocycles. The normalized spacial score (nSPS) is 40.6. The van der Waals surface area contributed by atoms with Gasteiger partial charge in [0, 0.05) is 44.6 Å². The number of primary sulfonamides is 1. The van der Waals surface area contributed by atoms with E-state index in [1.54, 1.807) is 39.8 Å². The molecule has 0 aromatic heterocycles. The summed E-state index contributed by atoms with van der Waals surface area (Å²) in [5, 5.41) is 56.7. The fourth-order valence-electron chi connectivity index (χ4n) is 11.2. The van der Waals surface area contributed by atoms with E-state index in [4.69, 9.17) is 33.6 Å². The Bertz CT molecular complexity index is 1860. The number of rotatable bonds is 15. The van der Waals surface area contributed by atoms with Gasteiger partial charge >= 0.3 is 5.97 Å². The van der Waals surface area contributed by atoms with Crippen molar-refractivity contribution >= 4 is 16.0 Å².